The summed E-state index contributed by atoms with van der Waals surface area (Å²) in [5.41, 5.74) is 2.55. The Hall–Kier alpha value is -2.16. The quantitative estimate of drug-likeness (QED) is 0.267. The molecule has 4 rings (SSSR count). The highest BCUT2D eigenvalue weighted by Crippen LogP contribution is 2.31. The first kappa shape index (κ1) is 17.3. The highest BCUT2D eigenvalue weighted by atomic mass is 32.2. The average Bonchev–Trinajstić information content (AvgIpc) is 2.70. The Morgan fingerprint density at radius 3 is 1.23 bits per heavy atom. The van der Waals surface area contributed by atoms with E-state index in [1.807, 2.05) is 0 Å². The first-order valence-corrected chi connectivity index (χ1v) is 11.0. The normalized spacial score (nSPS) is 11.6. The van der Waals surface area contributed by atoms with Gasteiger partial charge in [-0.3, -0.25) is 0 Å². The van der Waals surface area contributed by atoms with Gasteiger partial charge in [-0.2, -0.15) is 0 Å². The fourth-order valence-corrected chi connectivity index (χ4v) is 4.48. The molecule has 0 radical (unpaired) electrons. The minimum Gasteiger partial charge on any atom is -0.129 e. The molecule has 26 heavy (non-hydrogen) atoms. The third-order valence-electron chi connectivity index (χ3n) is 4.64. The van der Waals surface area contributed by atoms with Crippen molar-refractivity contribution < 1.29 is 0 Å². The fraction of sp³-hybridized carbons (Fsp3) is 0.0833. The summed E-state index contributed by atoms with van der Waals surface area (Å²) in [5.74, 6) is 0. The maximum absolute atomic E-state index is 2.29. The summed E-state index contributed by atoms with van der Waals surface area (Å²) in [4.78, 5) is 2.62. The Labute approximate surface area is 163 Å². The largest absolute Gasteiger partial charge is 0.129 e. The molecule has 128 valence electrons. The van der Waals surface area contributed by atoms with Crippen LogP contribution in [0, 0.1) is 0 Å². The molecule has 0 aliphatic heterocycles. The Morgan fingerprint density at radius 2 is 0.885 bits per heavy atom. The first-order valence-electron chi connectivity index (χ1n) is 8.60. The van der Waals surface area contributed by atoms with Crippen LogP contribution < -0.4 is 0 Å². The van der Waals surface area contributed by atoms with E-state index in [0.29, 0.717) is 0 Å². The molecular formula is C24H20S2. The summed E-state index contributed by atoms with van der Waals surface area (Å²) in [6.45, 7) is 0. The molecule has 0 bridgehead atoms. The molecule has 0 atom stereocenters. The summed E-state index contributed by atoms with van der Waals surface area (Å²) >= 11 is 3.60. The molecule has 0 aliphatic rings. The molecule has 0 heterocycles. The van der Waals surface area contributed by atoms with E-state index in [9.17, 15) is 0 Å². The summed E-state index contributed by atoms with van der Waals surface area (Å²) in [6, 6.07) is 26.3. The van der Waals surface area contributed by atoms with Gasteiger partial charge in [0.2, 0.25) is 0 Å². The molecule has 0 N–H and O–H groups in total. The van der Waals surface area contributed by atoms with Crippen molar-refractivity contribution in [1.29, 1.82) is 0 Å². The molecule has 0 saturated heterocycles. The van der Waals surface area contributed by atoms with Gasteiger partial charge in [0.1, 0.15) is 0 Å². The lowest BCUT2D eigenvalue weighted by Crippen LogP contribution is -1.84. The van der Waals surface area contributed by atoms with E-state index in [4.69, 9.17) is 0 Å². The van der Waals surface area contributed by atoms with Crippen molar-refractivity contribution in [2.45, 2.75) is 9.79 Å². The molecular weight excluding hydrogens is 352 g/mol. The smallest absolute Gasteiger partial charge is 0.0148 e. The summed E-state index contributed by atoms with van der Waals surface area (Å²) in [6.07, 6.45) is 8.79. The zero-order valence-corrected chi connectivity index (χ0v) is 16.5. The zero-order chi connectivity index (χ0) is 17.9. The van der Waals surface area contributed by atoms with Crippen molar-refractivity contribution in [2.75, 3.05) is 12.5 Å². The van der Waals surface area contributed by atoms with Crippen molar-refractivity contribution in [1.82, 2.24) is 0 Å². The van der Waals surface area contributed by atoms with Gasteiger partial charge in [0.15, 0.2) is 0 Å². The monoisotopic (exact) mass is 372 g/mol. The number of hydrogen-bond acceptors (Lipinski definition) is 2. The predicted molar refractivity (Wildman–Crippen MR) is 120 cm³/mol. The van der Waals surface area contributed by atoms with Crippen LogP contribution in [0.4, 0.5) is 0 Å². The maximum atomic E-state index is 2.29. The van der Waals surface area contributed by atoms with E-state index in [-0.39, 0.29) is 0 Å². The first-order chi connectivity index (χ1) is 12.8. The highest BCUT2D eigenvalue weighted by molar-refractivity contribution is 7.99. The molecule has 2 heteroatoms. The molecule has 0 amide bonds. The van der Waals surface area contributed by atoms with Gasteiger partial charge < -0.3 is 0 Å². The Bertz CT molecular complexity index is 1020. The van der Waals surface area contributed by atoms with Crippen LogP contribution in [0.1, 0.15) is 11.1 Å². The number of benzene rings is 4. The maximum Gasteiger partial charge on any atom is 0.0148 e. The van der Waals surface area contributed by atoms with Crippen molar-refractivity contribution >= 4 is 57.2 Å². The van der Waals surface area contributed by atoms with Crippen molar-refractivity contribution in [3.63, 3.8) is 0 Å². The topological polar surface area (TPSA) is 0 Å². The van der Waals surface area contributed by atoms with E-state index < -0.39 is 0 Å². The van der Waals surface area contributed by atoms with E-state index in [1.165, 1.54) is 42.5 Å². The van der Waals surface area contributed by atoms with Gasteiger partial charge in [0.05, 0.1) is 0 Å². The number of fused-ring (bicyclic) bond motifs is 2. The summed E-state index contributed by atoms with van der Waals surface area (Å²) in [7, 11) is 0. The average molecular weight is 373 g/mol. The number of thioether (sulfide) groups is 2. The third-order valence-corrected chi connectivity index (χ3v) is 6.23. The number of rotatable bonds is 4. The van der Waals surface area contributed by atoms with Gasteiger partial charge >= 0.3 is 0 Å². The SMILES string of the molecule is CSc1cc2ccccc2cc1/C=C/c1cc2ccccc2cc1SC. The van der Waals surface area contributed by atoms with Crippen LogP contribution >= 0.6 is 23.5 Å². The molecule has 0 nitrogen and oxygen atoms in total. The van der Waals surface area contributed by atoms with Gasteiger partial charge in [-0.1, -0.05) is 60.7 Å². The van der Waals surface area contributed by atoms with E-state index in [2.05, 4.69) is 97.5 Å². The van der Waals surface area contributed by atoms with E-state index in [1.54, 1.807) is 23.5 Å². The van der Waals surface area contributed by atoms with Crippen LogP contribution in [0.25, 0.3) is 33.7 Å². The van der Waals surface area contributed by atoms with Gasteiger partial charge in [-0.05, 0) is 69.4 Å². The van der Waals surface area contributed by atoms with Crippen LogP contribution in [0.3, 0.4) is 0 Å². The summed E-state index contributed by atoms with van der Waals surface area (Å²) in [5, 5.41) is 5.16. The Kier molecular flexibility index (Phi) is 5.05. The molecule has 0 aliphatic carbocycles. The van der Waals surface area contributed by atoms with E-state index in [0.717, 1.165) is 0 Å². The summed E-state index contributed by atoms with van der Waals surface area (Å²) < 4.78 is 0. The molecule has 4 aromatic rings. The minimum atomic E-state index is 1.27. The lowest BCUT2D eigenvalue weighted by Gasteiger charge is -2.08. The standard InChI is InChI=1S/C24H20S2/c1-25-23-15-19-9-5-3-7-17(19)13-21(23)11-12-22-14-18-8-4-6-10-20(18)16-24(22)26-2/h3-16H,1-2H3/b12-11+. The molecule has 0 spiro atoms. The molecule has 4 aromatic carbocycles. The molecule has 0 aromatic heterocycles. The Balaban J connectivity index is 1.80. The second kappa shape index (κ2) is 7.61. The lowest BCUT2D eigenvalue weighted by atomic mass is 10.0. The predicted octanol–water partition coefficient (Wildman–Crippen LogP) is 7.61. The second-order valence-electron chi connectivity index (χ2n) is 6.22. The van der Waals surface area contributed by atoms with Crippen LogP contribution in [-0.4, -0.2) is 12.5 Å². The van der Waals surface area contributed by atoms with Gasteiger partial charge in [-0.15, -0.1) is 23.5 Å². The van der Waals surface area contributed by atoms with Crippen molar-refractivity contribution in [3.05, 3.63) is 83.9 Å². The second-order valence-corrected chi connectivity index (χ2v) is 7.91. The van der Waals surface area contributed by atoms with Crippen LogP contribution in [-0.2, 0) is 0 Å². The molecule has 0 saturated carbocycles. The van der Waals surface area contributed by atoms with Gasteiger partial charge in [0, 0.05) is 9.79 Å². The lowest BCUT2D eigenvalue weighted by molar-refractivity contribution is 1.45. The van der Waals surface area contributed by atoms with Crippen LogP contribution in [0.5, 0.6) is 0 Å². The molecule has 0 unspecified atom stereocenters. The van der Waals surface area contributed by atoms with Crippen molar-refractivity contribution in [2.24, 2.45) is 0 Å². The highest BCUT2D eigenvalue weighted by Gasteiger charge is 2.04. The zero-order valence-electron chi connectivity index (χ0n) is 14.9. The van der Waals surface area contributed by atoms with Crippen LogP contribution in [0.15, 0.2) is 82.6 Å². The van der Waals surface area contributed by atoms with Gasteiger partial charge in [0.25, 0.3) is 0 Å². The minimum absolute atomic E-state index is 1.27. The van der Waals surface area contributed by atoms with Crippen LogP contribution in [0.2, 0.25) is 0 Å². The third kappa shape index (κ3) is 3.40. The van der Waals surface area contributed by atoms with Gasteiger partial charge in [-0.25, -0.2) is 0 Å². The number of hydrogen-bond donors (Lipinski definition) is 0. The molecule has 0 fully saturated rings. The Morgan fingerprint density at radius 1 is 0.538 bits per heavy atom. The van der Waals surface area contributed by atoms with Crippen molar-refractivity contribution in [3.8, 4) is 0 Å². The van der Waals surface area contributed by atoms with E-state index >= 15 is 0 Å². The fourth-order valence-electron chi connectivity index (χ4n) is 3.27.